The fraction of sp³-hybridized carbons (Fsp3) is 0. The van der Waals surface area contributed by atoms with Crippen LogP contribution in [0.15, 0.2) is 36.8 Å². The molecule has 6 heteroatoms. The van der Waals surface area contributed by atoms with Crippen LogP contribution in [0.1, 0.15) is 10.4 Å². The van der Waals surface area contributed by atoms with Crippen molar-refractivity contribution in [1.29, 1.82) is 0 Å². The maximum absolute atomic E-state index is 13.3. The molecule has 2 aromatic heterocycles. The van der Waals surface area contributed by atoms with Crippen LogP contribution in [0.2, 0.25) is 0 Å². The number of nitrogens with one attached hydrogen (secondary N) is 1. The van der Waals surface area contributed by atoms with Crippen LogP contribution in [0.25, 0.3) is 0 Å². The molecule has 2 heterocycles. The van der Waals surface area contributed by atoms with Gasteiger partial charge in [-0.2, -0.15) is 0 Å². The minimum absolute atomic E-state index is 0.231. The molecule has 0 saturated heterocycles. The summed E-state index contributed by atoms with van der Waals surface area (Å²) in [5, 5.41) is 2.73. The zero-order valence-corrected chi connectivity index (χ0v) is 8.72. The highest BCUT2D eigenvalue weighted by molar-refractivity contribution is 5.93. The van der Waals surface area contributed by atoms with Crippen molar-refractivity contribution in [2.75, 3.05) is 5.32 Å². The number of nitrogens with two attached hydrogens (primary N) is 1. The van der Waals surface area contributed by atoms with Crippen molar-refractivity contribution in [2.45, 2.75) is 0 Å². The van der Waals surface area contributed by atoms with Gasteiger partial charge in [0.2, 0.25) is 5.91 Å². The molecule has 1 amide bonds. The van der Waals surface area contributed by atoms with Crippen LogP contribution < -0.4 is 11.1 Å². The Kier molecular flexibility index (Phi) is 2.95. The van der Waals surface area contributed by atoms with Crippen LogP contribution in [0.4, 0.5) is 15.9 Å². The van der Waals surface area contributed by atoms with Crippen molar-refractivity contribution in [2.24, 2.45) is 5.73 Å². The van der Waals surface area contributed by atoms with Gasteiger partial charge in [-0.1, -0.05) is 0 Å². The quantitative estimate of drug-likeness (QED) is 0.839. The van der Waals surface area contributed by atoms with Gasteiger partial charge in [0.15, 0.2) is 5.82 Å². The highest BCUT2D eigenvalue weighted by atomic mass is 19.1. The zero-order valence-electron chi connectivity index (χ0n) is 8.72. The highest BCUT2D eigenvalue weighted by Crippen LogP contribution is 2.17. The molecule has 0 aliphatic rings. The van der Waals surface area contributed by atoms with Crippen LogP contribution in [-0.2, 0) is 0 Å². The Hall–Kier alpha value is -2.50. The molecule has 5 nitrogen and oxygen atoms in total. The summed E-state index contributed by atoms with van der Waals surface area (Å²) < 4.78 is 13.3. The van der Waals surface area contributed by atoms with Crippen LogP contribution >= 0.6 is 0 Å². The van der Waals surface area contributed by atoms with E-state index in [2.05, 4.69) is 15.3 Å². The summed E-state index contributed by atoms with van der Waals surface area (Å²) in [6.45, 7) is 0. The van der Waals surface area contributed by atoms with Gasteiger partial charge in [0.1, 0.15) is 5.82 Å². The number of rotatable bonds is 3. The van der Waals surface area contributed by atoms with Crippen molar-refractivity contribution >= 4 is 17.4 Å². The van der Waals surface area contributed by atoms with E-state index in [0.29, 0.717) is 11.4 Å². The molecule has 3 N–H and O–H groups in total. The van der Waals surface area contributed by atoms with E-state index in [0.717, 1.165) is 6.20 Å². The predicted molar refractivity (Wildman–Crippen MR) is 60.2 cm³/mol. The Morgan fingerprint density at radius 3 is 2.88 bits per heavy atom. The van der Waals surface area contributed by atoms with Gasteiger partial charge < -0.3 is 11.1 Å². The van der Waals surface area contributed by atoms with Gasteiger partial charge in [-0.25, -0.2) is 9.37 Å². The first-order chi connectivity index (χ1) is 8.16. The fourth-order valence-electron chi connectivity index (χ4n) is 1.27. The zero-order chi connectivity index (χ0) is 12.3. The number of amides is 1. The Labute approximate surface area is 96.5 Å². The predicted octanol–water partition coefficient (Wildman–Crippen LogP) is 1.46. The highest BCUT2D eigenvalue weighted by Gasteiger charge is 2.05. The molecule has 0 saturated carbocycles. The van der Waals surface area contributed by atoms with E-state index >= 15 is 0 Å². The third kappa shape index (κ3) is 2.54. The van der Waals surface area contributed by atoms with E-state index in [1.807, 2.05) is 0 Å². The number of hydrogen-bond donors (Lipinski definition) is 2. The molecule has 0 fully saturated rings. The topological polar surface area (TPSA) is 80.9 Å². The number of anilines is 2. The van der Waals surface area contributed by atoms with Crippen LogP contribution in [0, 0.1) is 5.82 Å². The normalized spacial score (nSPS) is 9.94. The van der Waals surface area contributed by atoms with Crippen LogP contribution in [0.3, 0.4) is 0 Å². The number of pyridine rings is 2. The van der Waals surface area contributed by atoms with E-state index in [1.165, 1.54) is 30.6 Å². The van der Waals surface area contributed by atoms with Gasteiger partial charge in [0.05, 0.1) is 11.9 Å². The average molecular weight is 232 g/mol. The number of hydrogen-bond acceptors (Lipinski definition) is 4. The van der Waals surface area contributed by atoms with Crippen molar-refractivity contribution in [3.63, 3.8) is 0 Å². The molecule has 0 spiro atoms. The number of aromatic nitrogens is 2. The van der Waals surface area contributed by atoms with Crippen LogP contribution in [0.5, 0.6) is 0 Å². The number of nitrogens with zero attached hydrogens (tertiary/aromatic N) is 2. The molecule has 17 heavy (non-hydrogen) atoms. The second kappa shape index (κ2) is 4.56. The van der Waals surface area contributed by atoms with Crippen molar-refractivity contribution in [1.82, 2.24) is 9.97 Å². The Balaban J connectivity index is 2.28. The summed E-state index contributed by atoms with van der Waals surface area (Å²) in [5.74, 6) is -0.726. The molecule has 86 valence electrons. The molecule has 2 rings (SSSR count). The Morgan fingerprint density at radius 1 is 1.35 bits per heavy atom. The number of halogens is 1. The molecule has 0 aliphatic heterocycles. The molecule has 0 aliphatic carbocycles. The maximum atomic E-state index is 13.3. The standard InChI is InChI=1S/C11H9FN4O/c12-8-6-14-3-2-9(8)16-10-5-7(11(13)17)1-4-15-10/h1-6H,(H2,13,17)(H,14,15,16). The fourth-order valence-corrected chi connectivity index (χ4v) is 1.27. The lowest BCUT2D eigenvalue weighted by Gasteiger charge is -2.06. The second-order valence-corrected chi connectivity index (χ2v) is 3.27. The lowest BCUT2D eigenvalue weighted by atomic mass is 10.2. The molecule has 0 unspecified atom stereocenters. The van der Waals surface area contributed by atoms with E-state index in [1.54, 1.807) is 0 Å². The Morgan fingerprint density at radius 2 is 2.18 bits per heavy atom. The smallest absolute Gasteiger partial charge is 0.248 e. The molecular weight excluding hydrogens is 223 g/mol. The minimum atomic E-state index is -0.564. The maximum Gasteiger partial charge on any atom is 0.248 e. The van der Waals surface area contributed by atoms with Gasteiger partial charge >= 0.3 is 0 Å². The third-order valence-electron chi connectivity index (χ3n) is 2.08. The third-order valence-corrected chi connectivity index (χ3v) is 2.08. The van der Waals surface area contributed by atoms with E-state index in [-0.39, 0.29) is 5.69 Å². The van der Waals surface area contributed by atoms with Crippen molar-refractivity contribution in [3.8, 4) is 0 Å². The number of carbonyl (C=O) groups is 1. The van der Waals surface area contributed by atoms with Crippen molar-refractivity contribution < 1.29 is 9.18 Å². The summed E-state index contributed by atoms with van der Waals surface area (Å²) in [6.07, 6.45) is 3.95. The number of primary amides is 1. The monoisotopic (exact) mass is 232 g/mol. The summed E-state index contributed by atoms with van der Waals surface area (Å²) in [4.78, 5) is 18.5. The van der Waals surface area contributed by atoms with Gasteiger partial charge in [-0.05, 0) is 18.2 Å². The molecule has 0 aromatic carbocycles. The van der Waals surface area contributed by atoms with E-state index < -0.39 is 11.7 Å². The van der Waals surface area contributed by atoms with Gasteiger partial charge in [0.25, 0.3) is 0 Å². The second-order valence-electron chi connectivity index (χ2n) is 3.27. The SMILES string of the molecule is NC(=O)c1ccnc(Nc2ccncc2F)c1. The molecule has 0 radical (unpaired) electrons. The summed E-state index contributed by atoms with van der Waals surface area (Å²) in [5.41, 5.74) is 5.66. The molecule has 0 bridgehead atoms. The average Bonchev–Trinajstić information content (AvgIpc) is 2.32. The number of carbonyl (C=O) groups excluding carboxylic acids is 1. The Bertz CT molecular complexity index is 559. The minimum Gasteiger partial charge on any atom is -0.366 e. The van der Waals surface area contributed by atoms with E-state index in [9.17, 15) is 9.18 Å². The van der Waals surface area contributed by atoms with Crippen LogP contribution in [-0.4, -0.2) is 15.9 Å². The van der Waals surface area contributed by atoms with Gasteiger partial charge in [-0.15, -0.1) is 0 Å². The molecule has 2 aromatic rings. The van der Waals surface area contributed by atoms with Gasteiger partial charge in [0, 0.05) is 18.0 Å². The van der Waals surface area contributed by atoms with E-state index in [4.69, 9.17) is 5.73 Å². The largest absolute Gasteiger partial charge is 0.366 e. The van der Waals surface area contributed by atoms with Gasteiger partial charge in [-0.3, -0.25) is 9.78 Å². The first kappa shape index (κ1) is 11.0. The lowest BCUT2D eigenvalue weighted by Crippen LogP contribution is -2.11. The summed E-state index contributed by atoms with van der Waals surface area (Å²) >= 11 is 0. The van der Waals surface area contributed by atoms with Crippen molar-refractivity contribution in [3.05, 3.63) is 48.2 Å². The first-order valence-electron chi connectivity index (χ1n) is 4.79. The molecule has 0 atom stereocenters. The lowest BCUT2D eigenvalue weighted by molar-refractivity contribution is 0.1000. The summed E-state index contributed by atoms with van der Waals surface area (Å²) in [7, 11) is 0. The molecular formula is C11H9FN4O. The summed E-state index contributed by atoms with van der Waals surface area (Å²) in [6, 6.07) is 4.40. The first-order valence-corrected chi connectivity index (χ1v) is 4.79.